The predicted molar refractivity (Wildman–Crippen MR) is 110 cm³/mol. The minimum absolute atomic E-state index is 0.411. The van der Waals surface area contributed by atoms with Gasteiger partial charge in [0, 0.05) is 29.0 Å². The third kappa shape index (κ3) is 3.59. The number of anilines is 1. The molecule has 142 valence electrons. The average Bonchev–Trinajstić information content (AvgIpc) is 3.14. The van der Waals surface area contributed by atoms with Crippen molar-refractivity contribution in [3.05, 3.63) is 51.4 Å². The zero-order chi connectivity index (χ0) is 18.8. The molecule has 4 rings (SSSR count). The Morgan fingerprint density at radius 1 is 1.30 bits per heavy atom. The van der Waals surface area contributed by atoms with Crippen LogP contribution in [0.2, 0.25) is 0 Å². The van der Waals surface area contributed by atoms with Gasteiger partial charge in [-0.2, -0.15) is 0 Å². The Kier molecular flexibility index (Phi) is 4.92. The molecule has 0 amide bonds. The van der Waals surface area contributed by atoms with Crippen molar-refractivity contribution in [2.24, 2.45) is 10.7 Å². The average molecular weight is 364 g/mol. The van der Waals surface area contributed by atoms with Crippen molar-refractivity contribution in [1.82, 2.24) is 4.57 Å². The molecular formula is C22H28N4O. The number of hydrogen-bond donors (Lipinski definition) is 2. The molecule has 1 aliphatic carbocycles. The first-order valence-electron chi connectivity index (χ1n) is 9.80. The molecule has 2 aliphatic rings. The van der Waals surface area contributed by atoms with E-state index in [4.69, 9.17) is 15.5 Å². The minimum atomic E-state index is 0.411. The van der Waals surface area contributed by atoms with E-state index in [0.29, 0.717) is 12.8 Å². The second-order valence-electron chi connectivity index (χ2n) is 7.50. The number of aromatic nitrogens is 1. The van der Waals surface area contributed by atoms with Gasteiger partial charge in [-0.05, 0) is 43.5 Å². The summed E-state index contributed by atoms with van der Waals surface area (Å²) in [7, 11) is 0. The van der Waals surface area contributed by atoms with Crippen LogP contribution in [0.3, 0.4) is 0 Å². The Morgan fingerprint density at radius 3 is 2.89 bits per heavy atom. The molecule has 2 aromatic rings. The van der Waals surface area contributed by atoms with Crippen LogP contribution < -0.4 is 31.7 Å². The number of nitrogens with zero attached hydrogens (tertiary/aromatic N) is 2. The van der Waals surface area contributed by atoms with E-state index in [1.807, 2.05) is 0 Å². The zero-order valence-corrected chi connectivity index (χ0v) is 16.0. The SMILES string of the molecule is C=c1c(=CN)c(=NC2CCCCC2)cc(C)n1Cc1ccc2c(c1)OCN2. The van der Waals surface area contributed by atoms with Gasteiger partial charge in [0.25, 0.3) is 0 Å². The highest BCUT2D eigenvalue weighted by atomic mass is 16.5. The second kappa shape index (κ2) is 7.51. The first-order chi connectivity index (χ1) is 13.2. The van der Waals surface area contributed by atoms with Gasteiger partial charge < -0.3 is 20.4 Å². The van der Waals surface area contributed by atoms with Crippen molar-refractivity contribution in [3.8, 4) is 5.75 Å². The van der Waals surface area contributed by atoms with E-state index in [1.54, 1.807) is 6.20 Å². The standard InChI is InChI=1S/C22H28N4O/c1-15-10-21(25-18-6-4-3-5-7-18)19(12-23)16(2)26(15)13-17-8-9-20-22(11-17)27-14-24-20/h8-12,18,24H,2-7,13-14,23H2,1H3. The summed E-state index contributed by atoms with van der Waals surface area (Å²) in [5.74, 6) is 0.908. The van der Waals surface area contributed by atoms with Gasteiger partial charge in [0.1, 0.15) is 5.75 Å². The molecule has 1 saturated carbocycles. The van der Waals surface area contributed by atoms with Crippen LogP contribution in [-0.4, -0.2) is 17.3 Å². The van der Waals surface area contributed by atoms with E-state index < -0.39 is 0 Å². The lowest BCUT2D eigenvalue weighted by Crippen LogP contribution is -2.47. The van der Waals surface area contributed by atoms with Gasteiger partial charge in [0.15, 0.2) is 6.73 Å². The molecule has 0 radical (unpaired) electrons. The van der Waals surface area contributed by atoms with Crippen molar-refractivity contribution >= 4 is 18.5 Å². The molecule has 0 unspecified atom stereocenters. The van der Waals surface area contributed by atoms with E-state index in [-0.39, 0.29) is 0 Å². The zero-order valence-electron chi connectivity index (χ0n) is 16.0. The monoisotopic (exact) mass is 364 g/mol. The summed E-state index contributed by atoms with van der Waals surface area (Å²) in [6.07, 6.45) is 7.87. The van der Waals surface area contributed by atoms with Crippen LogP contribution in [0.15, 0.2) is 29.3 Å². The second-order valence-corrected chi connectivity index (χ2v) is 7.50. The number of pyridine rings is 1. The summed E-state index contributed by atoms with van der Waals surface area (Å²) in [6.45, 7) is 7.70. The fourth-order valence-corrected chi connectivity index (χ4v) is 4.08. The van der Waals surface area contributed by atoms with E-state index in [1.165, 1.54) is 37.7 Å². The summed E-state index contributed by atoms with van der Waals surface area (Å²) in [4.78, 5) is 5.01. The van der Waals surface area contributed by atoms with Crippen molar-refractivity contribution in [3.63, 3.8) is 0 Å². The smallest absolute Gasteiger partial charge is 0.159 e. The molecular weight excluding hydrogens is 336 g/mol. The summed E-state index contributed by atoms with van der Waals surface area (Å²) >= 11 is 0. The maximum Gasteiger partial charge on any atom is 0.159 e. The molecule has 0 atom stereocenters. The van der Waals surface area contributed by atoms with Crippen molar-refractivity contribution in [1.29, 1.82) is 0 Å². The molecule has 1 fully saturated rings. The predicted octanol–water partition coefficient (Wildman–Crippen LogP) is 1.95. The first kappa shape index (κ1) is 17.7. The van der Waals surface area contributed by atoms with Crippen LogP contribution in [0.4, 0.5) is 5.69 Å². The summed E-state index contributed by atoms with van der Waals surface area (Å²) < 4.78 is 7.81. The largest absolute Gasteiger partial charge is 0.471 e. The van der Waals surface area contributed by atoms with E-state index >= 15 is 0 Å². The van der Waals surface area contributed by atoms with Crippen molar-refractivity contribution < 1.29 is 4.74 Å². The number of fused-ring (bicyclic) bond motifs is 1. The van der Waals surface area contributed by atoms with Crippen LogP contribution in [0.1, 0.15) is 43.4 Å². The van der Waals surface area contributed by atoms with Gasteiger partial charge in [0.2, 0.25) is 0 Å². The number of rotatable bonds is 3. The van der Waals surface area contributed by atoms with Crippen LogP contribution >= 0.6 is 0 Å². The van der Waals surface area contributed by atoms with Gasteiger partial charge in [-0.1, -0.05) is 31.9 Å². The van der Waals surface area contributed by atoms with E-state index in [2.05, 4.69) is 47.7 Å². The normalized spacial score (nSPS) is 18.3. The number of benzene rings is 1. The van der Waals surface area contributed by atoms with E-state index in [9.17, 15) is 0 Å². The fourth-order valence-electron chi connectivity index (χ4n) is 4.08. The lowest BCUT2D eigenvalue weighted by Gasteiger charge is -2.18. The van der Waals surface area contributed by atoms with Gasteiger partial charge in [-0.3, -0.25) is 4.99 Å². The molecule has 27 heavy (non-hydrogen) atoms. The highest BCUT2D eigenvalue weighted by Crippen LogP contribution is 2.29. The molecule has 0 saturated heterocycles. The Bertz CT molecular complexity index is 1020. The molecule has 1 aliphatic heterocycles. The molecule has 0 spiro atoms. The molecule has 0 bridgehead atoms. The maximum atomic E-state index is 5.98. The third-order valence-corrected chi connectivity index (χ3v) is 5.62. The number of nitrogens with one attached hydrogen (secondary N) is 1. The molecule has 1 aromatic heterocycles. The van der Waals surface area contributed by atoms with Crippen molar-refractivity contribution in [2.45, 2.75) is 51.6 Å². The first-order valence-corrected chi connectivity index (χ1v) is 9.80. The molecule has 3 N–H and O–H groups in total. The van der Waals surface area contributed by atoms with Crippen LogP contribution in [0.25, 0.3) is 12.8 Å². The lowest BCUT2D eigenvalue weighted by molar-refractivity contribution is 0.372. The van der Waals surface area contributed by atoms with Crippen LogP contribution in [0.5, 0.6) is 5.75 Å². The molecule has 5 nitrogen and oxygen atoms in total. The third-order valence-electron chi connectivity index (χ3n) is 5.62. The van der Waals surface area contributed by atoms with Crippen LogP contribution in [0, 0.1) is 6.92 Å². The highest BCUT2D eigenvalue weighted by Gasteiger charge is 2.13. The van der Waals surface area contributed by atoms with Gasteiger partial charge in [0.05, 0.1) is 17.1 Å². The Hall–Kier alpha value is -2.69. The number of ether oxygens (including phenoxy) is 1. The number of nitrogens with two attached hydrogens (primary N) is 1. The lowest BCUT2D eigenvalue weighted by atomic mass is 9.96. The van der Waals surface area contributed by atoms with Crippen LogP contribution in [-0.2, 0) is 6.54 Å². The van der Waals surface area contributed by atoms with E-state index in [0.717, 1.165) is 39.6 Å². The Balaban J connectivity index is 1.72. The number of hydrogen-bond acceptors (Lipinski definition) is 4. The molecule has 5 heteroatoms. The quantitative estimate of drug-likeness (QED) is 0.875. The van der Waals surface area contributed by atoms with Gasteiger partial charge in [-0.25, -0.2) is 0 Å². The summed E-state index contributed by atoms with van der Waals surface area (Å²) in [5.41, 5.74) is 9.34. The fraction of sp³-hybridized carbons (Fsp3) is 0.409. The molecule has 1 aromatic carbocycles. The minimum Gasteiger partial charge on any atom is -0.471 e. The number of aryl methyl sites for hydroxylation is 1. The van der Waals surface area contributed by atoms with Crippen molar-refractivity contribution in [2.75, 3.05) is 12.0 Å². The molecule has 2 heterocycles. The summed E-state index contributed by atoms with van der Waals surface area (Å²) in [6, 6.07) is 8.84. The summed E-state index contributed by atoms with van der Waals surface area (Å²) in [5, 5.41) is 6.02. The Labute approximate surface area is 159 Å². The topological polar surface area (TPSA) is 64.6 Å². The van der Waals surface area contributed by atoms with Gasteiger partial charge >= 0.3 is 0 Å². The maximum absolute atomic E-state index is 5.98. The van der Waals surface area contributed by atoms with Gasteiger partial charge in [-0.15, -0.1) is 0 Å². The Morgan fingerprint density at radius 2 is 2.11 bits per heavy atom. The highest BCUT2D eigenvalue weighted by molar-refractivity contribution is 5.60.